The van der Waals surface area contributed by atoms with E-state index in [1.54, 1.807) is 0 Å². The van der Waals surface area contributed by atoms with E-state index in [1.807, 2.05) is 0 Å². The lowest BCUT2D eigenvalue weighted by atomic mass is 9.54. The van der Waals surface area contributed by atoms with Gasteiger partial charge < -0.3 is 0 Å². The number of nitrogens with zero attached hydrogens (tertiary/aromatic N) is 1. The van der Waals surface area contributed by atoms with Crippen LogP contribution in [-0.2, 0) is 9.59 Å². The smallest absolute Gasteiger partial charge is 0.154 e. The predicted molar refractivity (Wildman–Crippen MR) is 71.7 cm³/mol. The van der Waals surface area contributed by atoms with Crippen molar-refractivity contribution in [3.05, 3.63) is 0 Å². The topological polar surface area (TPSA) is 37.4 Å². The van der Waals surface area contributed by atoms with E-state index in [-0.39, 0.29) is 11.0 Å². The van der Waals surface area contributed by atoms with Crippen molar-refractivity contribution in [3.63, 3.8) is 0 Å². The molecular weight excluding hydrogens is 238 g/mol. The normalized spacial score (nSPS) is 49.9. The van der Waals surface area contributed by atoms with Crippen molar-refractivity contribution >= 4 is 11.6 Å². The highest BCUT2D eigenvalue weighted by Gasteiger charge is 2.72. The van der Waals surface area contributed by atoms with Crippen LogP contribution in [0.5, 0.6) is 0 Å². The molecule has 0 radical (unpaired) electrons. The van der Waals surface area contributed by atoms with Gasteiger partial charge in [0.25, 0.3) is 0 Å². The average molecular weight is 261 g/mol. The molecule has 2 saturated heterocycles. The van der Waals surface area contributed by atoms with E-state index in [0.29, 0.717) is 36.2 Å². The SMILES string of the molecule is CC1CC(=O)[C@]23CCCN4CCC[C@@]42C(=O)C[C@@H]3C1. The first-order valence-electron chi connectivity index (χ1n) is 7.93. The van der Waals surface area contributed by atoms with Crippen molar-refractivity contribution < 1.29 is 9.59 Å². The van der Waals surface area contributed by atoms with E-state index in [2.05, 4.69) is 11.8 Å². The van der Waals surface area contributed by atoms with Crippen molar-refractivity contribution in [1.82, 2.24) is 4.90 Å². The first kappa shape index (κ1) is 12.1. The molecule has 2 aliphatic carbocycles. The van der Waals surface area contributed by atoms with Gasteiger partial charge in [-0.3, -0.25) is 14.5 Å². The van der Waals surface area contributed by atoms with E-state index >= 15 is 0 Å². The van der Waals surface area contributed by atoms with E-state index in [0.717, 1.165) is 45.2 Å². The van der Waals surface area contributed by atoms with E-state index in [4.69, 9.17) is 0 Å². The van der Waals surface area contributed by atoms with Gasteiger partial charge in [0.1, 0.15) is 5.78 Å². The summed E-state index contributed by atoms with van der Waals surface area (Å²) in [6.45, 7) is 4.24. The summed E-state index contributed by atoms with van der Waals surface area (Å²) in [4.78, 5) is 28.2. The summed E-state index contributed by atoms with van der Waals surface area (Å²) in [6, 6.07) is 0. The highest BCUT2D eigenvalue weighted by Crippen LogP contribution is 2.64. The summed E-state index contributed by atoms with van der Waals surface area (Å²) < 4.78 is 0. The first-order chi connectivity index (χ1) is 9.11. The van der Waals surface area contributed by atoms with Crippen LogP contribution >= 0.6 is 0 Å². The molecular formula is C16H23NO2. The standard InChI is InChI=1S/C16H23NO2/c1-11-8-12-10-14(19)16-5-3-7-17(16)6-2-4-15(12,16)13(18)9-11/h11-12H,2-10H2,1H3/t11?,12-,15+,16-/m0/s1. The number of rotatable bonds is 0. The lowest BCUT2D eigenvalue weighted by Gasteiger charge is -2.55. The van der Waals surface area contributed by atoms with Crippen molar-refractivity contribution in [2.24, 2.45) is 17.3 Å². The van der Waals surface area contributed by atoms with Crippen molar-refractivity contribution in [1.29, 1.82) is 0 Å². The van der Waals surface area contributed by atoms with Gasteiger partial charge in [-0.15, -0.1) is 0 Å². The zero-order chi connectivity index (χ0) is 13.3. The highest BCUT2D eigenvalue weighted by atomic mass is 16.1. The Hall–Kier alpha value is -0.700. The zero-order valence-electron chi connectivity index (χ0n) is 11.8. The molecule has 2 aliphatic heterocycles. The summed E-state index contributed by atoms with van der Waals surface area (Å²) in [5.41, 5.74) is -0.654. The molecule has 4 fully saturated rings. The van der Waals surface area contributed by atoms with E-state index in [1.165, 1.54) is 0 Å². The molecule has 4 rings (SSSR count). The summed E-state index contributed by atoms with van der Waals surface area (Å²) in [7, 11) is 0. The molecule has 0 N–H and O–H groups in total. The monoisotopic (exact) mass is 261 g/mol. The average Bonchev–Trinajstić information content (AvgIpc) is 2.89. The Labute approximate surface area is 114 Å². The fourth-order valence-corrected chi connectivity index (χ4v) is 6.06. The Morgan fingerprint density at radius 3 is 2.58 bits per heavy atom. The summed E-state index contributed by atoms with van der Waals surface area (Å²) in [6.07, 6.45) is 6.60. The maximum atomic E-state index is 12.9. The molecule has 104 valence electrons. The minimum absolute atomic E-state index is 0.286. The largest absolute Gasteiger partial charge is 0.299 e. The van der Waals surface area contributed by atoms with Crippen molar-refractivity contribution in [3.8, 4) is 0 Å². The van der Waals surface area contributed by atoms with Gasteiger partial charge in [-0.2, -0.15) is 0 Å². The van der Waals surface area contributed by atoms with Crippen LogP contribution in [0.15, 0.2) is 0 Å². The third kappa shape index (κ3) is 1.19. The Morgan fingerprint density at radius 1 is 1.05 bits per heavy atom. The molecule has 0 bridgehead atoms. The van der Waals surface area contributed by atoms with Crippen LogP contribution in [0.4, 0.5) is 0 Å². The molecule has 0 amide bonds. The summed E-state index contributed by atoms with van der Waals surface area (Å²) in [5, 5.41) is 0. The van der Waals surface area contributed by atoms with Crippen LogP contribution in [0.3, 0.4) is 0 Å². The molecule has 3 nitrogen and oxygen atoms in total. The Bertz CT molecular complexity index is 460. The van der Waals surface area contributed by atoms with Crippen LogP contribution < -0.4 is 0 Å². The molecule has 0 aromatic heterocycles. The number of ketones is 2. The Balaban J connectivity index is 1.89. The molecule has 4 atom stereocenters. The Kier molecular flexibility index (Phi) is 2.34. The number of Topliss-reactive ketones (excluding diaryl/α,β-unsaturated/α-hetero) is 2. The number of piperidine rings is 1. The van der Waals surface area contributed by atoms with Gasteiger partial charge in [-0.25, -0.2) is 0 Å². The molecule has 2 saturated carbocycles. The van der Waals surface area contributed by atoms with Gasteiger partial charge in [0.15, 0.2) is 5.78 Å². The van der Waals surface area contributed by atoms with E-state index in [9.17, 15) is 9.59 Å². The molecule has 3 heteroatoms. The van der Waals surface area contributed by atoms with Gasteiger partial charge in [0, 0.05) is 12.8 Å². The molecule has 19 heavy (non-hydrogen) atoms. The van der Waals surface area contributed by atoms with Crippen LogP contribution in [-0.4, -0.2) is 35.1 Å². The minimum Gasteiger partial charge on any atom is -0.299 e. The van der Waals surface area contributed by atoms with Crippen LogP contribution in [0.25, 0.3) is 0 Å². The molecule has 4 aliphatic rings. The number of carbonyl (C=O) groups is 2. The van der Waals surface area contributed by atoms with Crippen LogP contribution in [0.1, 0.15) is 51.9 Å². The number of carbonyl (C=O) groups excluding carboxylic acids is 2. The third-order valence-corrected chi connectivity index (χ3v) is 6.55. The number of hydrogen-bond acceptors (Lipinski definition) is 3. The van der Waals surface area contributed by atoms with Crippen LogP contribution in [0.2, 0.25) is 0 Å². The molecule has 1 unspecified atom stereocenters. The first-order valence-corrected chi connectivity index (χ1v) is 7.93. The lowest BCUT2D eigenvalue weighted by Crippen LogP contribution is -2.66. The van der Waals surface area contributed by atoms with Gasteiger partial charge in [0.2, 0.25) is 0 Å². The second-order valence-corrected chi connectivity index (χ2v) is 7.32. The second-order valence-electron chi connectivity index (χ2n) is 7.32. The van der Waals surface area contributed by atoms with Gasteiger partial charge in [-0.1, -0.05) is 6.92 Å². The maximum Gasteiger partial charge on any atom is 0.154 e. The quantitative estimate of drug-likeness (QED) is 0.671. The predicted octanol–water partition coefficient (Wildman–Crippen LogP) is 2.19. The molecule has 0 aromatic carbocycles. The summed E-state index contributed by atoms with van der Waals surface area (Å²) >= 11 is 0. The van der Waals surface area contributed by atoms with E-state index < -0.39 is 0 Å². The number of hydrogen-bond donors (Lipinski definition) is 0. The molecule has 2 spiro atoms. The molecule has 0 aromatic rings. The van der Waals surface area contributed by atoms with Gasteiger partial charge in [-0.05, 0) is 57.0 Å². The Morgan fingerprint density at radius 2 is 1.79 bits per heavy atom. The van der Waals surface area contributed by atoms with Crippen LogP contribution in [0, 0.1) is 17.3 Å². The second kappa shape index (κ2) is 3.69. The minimum atomic E-state index is -0.368. The highest BCUT2D eigenvalue weighted by molar-refractivity contribution is 6.03. The van der Waals surface area contributed by atoms with Gasteiger partial charge >= 0.3 is 0 Å². The lowest BCUT2D eigenvalue weighted by molar-refractivity contribution is -0.156. The van der Waals surface area contributed by atoms with Crippen molar-refractivity contribution in [2.75, 3.05) is 13.1 Å². The molecule has 2 heterocycles. The van der Waals surface area contributed by atoms with Gasteiger partial charge in [0.05, 0.1) is 11.0 Å². The summed E-state index contributed by atoms with van der Waals surface area (Å²) in [5.74, 6) is 1.64. The maximum absolute atomic E-state index is 12.9. The van der Waals surface area contributed by atoms with Crippen molar-refractivity contribution in [2.45, 2.75) is 57.4 Å². The third-order valence-electron chi connectivity index (χ3n) is 6.55. The fourth-order valence-electron chi connectivity index (χ4n) is 6.06. The fraction of sp³-hybridized carbons (Fsp3) is 0.875. The zero-order valence-corrected chi connectivity index (χ0v) is 11.8.